The molecular formula is C23H18N6O4. The zero-order chi connectivity index (χ0) is 22.8. The smallest absolute Gasteiger partial charge is 0.278 e. The van der Waals surface area contributed by atoms with E-state index in [1.165, 1.54) is 12.3 Å². The Hall–Kier alpha value is -4.73. The van der Waals surface area contributed by atoms with Crippen LogP contribution in [-0.2, 0) is 9.47 Å². The van der Waals surface area contributed by atoms with E-state index in [1.807, 2.05) is 37.3 Å². The summed E-state index contributed by atoms with van der Waals surface area (Å²) in [6, 6.07) is 17.8. The summed E-state index contributed by atoms with van der Waals surface area (Å²) in [4.78, 5) is 15.6. The second kappa shape index (κ2) is 8.42. The number of fused-ring (bicyclic) bond motifs is 1. The number of nitro groups is 1. The van der Waals surface area contributed by atoms with Gasteiger partial charge in [0.1, 0.15) is 12.0 Å². The van der Waals surface area contributed by atoms with Gasteiger partial charge in [-0.25, -0.2) is 9.67 Å². The van der Waals surface area contributed by atoms with Crippen LogP contribution in [0, 0.1) is 17.0 Å². The highest BCUT2D eigenvalue weighted by Crippen LogP contribution is 2.28. The number of para-hydroxylation sites is 2. The molecule has 2 aromatic heterocycles. The number of pyridine rings is 1. The molecule has 0 atom stereocenters. The number of aryl methyl sites for hydroxylation is 1. The molecule has 0 radical (unpaired) electrons. The molecule has 0 spiro atoms. The quantitative estimate of drug-likeness (QED) is 0.269. The van der Waals surface area contributed by atoms with Crippen LogP contribution in [-0.4, -0.2) is 32.2 Å². The van der Waals surface area contributed by atoms with Gasteiger partial charge in [-0.2, -0.15) is 10.2 Å². The number of allylic oxidation sites excluding steroid dienone is 1. The van der Waals surface area contributed by atoms with Gasteiger partial charge in [0.2, 0.25) is 6.79 Å². The van der Waals surface area contributed by atoms with E-state index in [1.54, 1.807) is 35.1 Å². The number of hydrazone groups is 1. The standard InChI is InChI=1S/C23H18N6O4/c1-15-21-18(11-12-24-23(21)28(27-15)16-7-3-2-4-8-16)25-26-22(20-13-32-14-33-20)17-9-5-6-10-19(17)29(30)31/h2-13H,14H2,1H3,(H,24,25). The van der Waals surface area contributed by atoms with Gasteiger partial charge in [0.25, 0.3) is 5.69 Å². The average Bonchev–Trinajstić information content (AvgIpc) is 3.49. The Morgan fingerprint density at radius 1 is 1.15 bits per heavy atom. The summed E-state index contributed by atoms with van der Waals surface area (Å²) in [5, 5.41) is 21.5. The van der Waals surface area contributed by atoms with Gasteiger partial charge in [-0.1, -0.05) is 30.3 Å². The van der Waals surface area contributed by atoms with E-state index in [2.05, 4.69) is 20.6 Å². The van der Waals surface area contributed by atoms with Gasteiger partial charge in [-0.15, -0.1) is 0 Å². The van der Waals surface area contributed by atoms with E-state index < -0.39 is 4.92 Å². The first-order valence-corrected chi connectivity index (χ1v) is 10.1. The SMILES string of the molecule is Cc1nn(-c2ccccc2)c2nccc(NN=C(C3=COCO3)c3ccccc3[N+](=O)[O-])c12. The third-order valence-electron chi connectivity index (χ3n) is 5.09. The van der Waals surface area contributed by atoms with Gasteiger partial charge in [0.05, 0.1) is 32.9 Å². The van der Waals surface area contributed by atoms with Crippen molar-refractivity contribution in [2.75, 3.05) is 12.2 Å². The lowest BCUT2D eigenvalue weighted by molar-refractivity contribution is -0.385. The predicted octanol–water partition coefficient (Wildman–Crippen LogP) is 4.30. The second-order valence-corrected chi connectivity index (χ2v) is 7.15. The second-order valence-electron chi connectivity index (χ2n) is 7.15. The van der Waals surface area contributed by atoms with E-state index in [0.717, 1.165) is 16.8 Å². The van der Waals surface area contributed by atoms with Crippen molar-refractivity contribution in [2.45, 2.75) is 6.92 Å². The number of nitrogens with zero attached hydrogens (tertiary/aromatic N) is 5. The van der Waals surface area contributed by atoms with Crippen molar-refractivity contribution in [3.8, 4) is 5.69 Å². The molecule has 3 heterocycles. The molecule has 1 aliphatic heterocycles. The summed E-state index contributed by atoms with van der Waals surface area (Å²) in [5.41, 5.74) is 6.43. The van der Waals surface area contributed by atoms with Crippen LogP contribution in [0.4, 0.5) is 11.4 Å². The molecule has 10 heteroatoms. The fourth-order valence-electron chi connectivity index (χ4n) is 3.62. The number of ether oxygens (including phenoxy) is 2. The van der Waals surface area contributed by atoms with Crippen LogP contribution in [0.1, 0.15) is 11.3 Å². The number of nitro benzene ring substituents is 1. The monoisotopic (exact) mass is 442 g/mol. The Labute approximate surface area is 187 Å². The van der Waals surface area contributed by atoms with Crippen LogP contribution in [0.3, 0.4) is 0 Å². The van der Waals surface area contributed by atoms with Crippen molar-refractivity contribution in [2.24, 2.45) is 5.10 Å². The number of nitrogens with one attached hydrogen (secondary N) is 1. The first kappa shape index (κ1) is 20.2. The van der Waals surface area contributed by atoms with Gasteiger partial charge < -0.3 is 9.47 Å². The fraction of sp³-hybridized carbons (Fsp3) is 0.0870. The number of aromatic nitrogens is 3. The maximum Gasteiger partial charge on any atom is 0.278 e. The van der Waals surface area contributed by atoms with Gasteiger partial charge in [0.15, 0.2) is 11.4 Å². The van der Waals surface area contributed by atoms with Gasteiger partial charge in [0, 0.05) is 12.3 Å². The predicted molar refractivity (Wildman–Crippen MR) is 122 cm³/mol. The largest absolute Gasteiger partial charge is 0.461 e. The van der Waals surface area contributed by atoms with Crippen molar-refractivity contribution in [3.05, 3.63) is 100 Å². The lowest BCUT2D eigenvalue weighted by atomic mass is 10.1. The highest BCUT2D eigenvalue weighted by atomic mass is 16.7. The summed E-state index contributed by atoms with van der Waals surface area (Å²) in [7, 11) is 0. The van der Waals surface area contributed by atoms with Gasteiger partial charge >= 0.3 is 0 Å². The third kappa shape index (κ3) is 3.74. The first-order chi connectivity index (χ1) is 16.1. The minimum atomic E-state index is -0.458. The zero-order valence-corrected chi connectivity index (χ0v) is 17.5. The number of hydrogen-bond acceptors (Lipinski definition) is 8. The molecule has 0 saturated carbocycles. The molecule has 0 aliphatic carbocycles. The summed E-state index contributed by atoms with van der Waals surface area (Å²) in [6.07, 6.45) is 3.04. The van der Waals surface area contributed by atoms with E-state index in [-0.39, 0.29) is 18.2 Å². The van der Waals surface area contributed by atoms with Crippen LogP contribution in [0.15, 0.2) is 84.0 Å². The molecular weight excluding hydrogens is 424 g/mol. The summed E-state index contributed by atoms with van der Waals surface area (Å²) >= 11 is 0. The maximum atomic E-state index is 11.6. The number of anilines is 1. The van der Waals surface area contributed by atoms with Crippen LogP contribution in [0.5, 0.6) is 0 Å². The molecule has 10 nitrogen and oxygen atoms in total. The molecule has 5 rings (SSSR count). The van der Waals surface area contributed by atoms with Crippen LogP contribution in [0.25, 0.3) is 16.7 Å². The molecule has 0 fully saturated rings. The normalized spacial score (nSPS) is 13.4. The lowest BCUT2D eigenvalue weighted by Crippen LogP contribution is -2.11. The maximum absolute atomic E-state index is 11.6. The van der Waals surface area contributed by atoms with Crippen LogP contribution in [0.2, 0.25) is 0 Å². The Morgan fingerprint density at radius 3 is 2.70 bits per heavy atom. The Morgan fingerprint density at radius 2 is 1.94 bits per heavy atom. The third-order valence-corrected chi connectivity index (χ3v) is 5.09. The van der Waals surface area contributed by atoms with Crippen molar-refractivity contribution in [1.29, 1.82) is 0 Å². The molecule has 1 aliphatic rings. The zero-order valence-electron chi connectivity index (χ0n) is 17.5. The summed E-state index contributed by atoms with van der Waals surface area (Å²) < 4.78 is 12.4. The lowest BCUT2D eigenvalue weighted by Gasteiger charge is -2.09. The summed E-state index contributed by atoms with van der Waals surface area (Å²) in [6.45, 7) is 1.90. The molecule has 0 saturated heterocycles. The Bertz CT molecular complexity index is 1410. The van der Waals surface area contributed by atoms with Crippen molar-refractivity contribution in [3.63, 3.8) is 0 Å². The minimum absolute atomic E-state index is 0.0114. The fourth-order valence-corrected chi connectivity index (χ4v) is 3.62. The van der Waals surface area contributed by atoms with E-state index in [0.29, 0.717) is 22.7 Å². The number of rotatable bonds is 6. The average molecular weight is 442 g/mol. The van der Waals surface area contributed by atoms with Crippen molar-refractivity contribution < 1.29 is 14.4 Å². The van der Waals surface area contributed by atoms with E-state index in [9.17, 15) is 10.1 Å². The molecule has 1 N–H and O–H groups in total. The van der Waals surface area contributed by atoms with Crippen LogP contribution >= 0.6 is 0 Å². The highest BCUT2D eigenvalue weighted by Gasteiger charge is 2.25. The van der Waals surface area contributed by atoms with Crippen LogP contribution < -0.4 is 5.43 Å². The van der Waals surface area contributed by atoms with Gasteiger partial charge in [-0.05, 0) is 31.2 Å². The number of benzene rings is 2. The molecule has 164 valence electrons. The molecule has 0 amide bonds. The topological polar surface area (TPSA) is 117 Å². The highest BCUT2D eigenvalue weighted by molar-refractivity contribution is 6.14. The van der Waals surface area contributed by atoms with Crippen molar-refractivity contribution >= 4 is 28.1 Å². The molecule has 33 heavy (non-hydrogen) atoms. The molecule has 2 aromatic carbocycles. The summed E-state index contributed by atoms with van der Waals surface area (Å²) in [5.74, 6) is 0.291. The van der Waals surface area contributed by atoms with Crippen molar-refractivity contribution in [1.82, 2.24) is 14.8 Å². The van der Waals surface area contributed by atoms with Gasteiger partial charge in [-0.3, -0.25) is 15.5 Å². The van der Waals surface area contributed by atoms with E-state index >= 15 is 0 Å². The first-order valence-electron chi connectivity index (χ1n) is 10.1. The Kier molecular flexibility index (Phi) is 5.15. The molecule has 0 unspecified atom stereocenters. The molecule has 4 aromatic rings. The van der Waals surface area contributed by atoms with E-state index in [4.69, 9.17) is 9.47 Å². The minimum Gasteiger partial charge on any atom is -0.461 e. The number of hydrogen-bond donors (Lipinski definition) is 1. The molecule has 0 bridgehead atoms. The Balaban J connectivity index is 1.60.